The van der Waals surface area contributed by atoms with Crippen molar-refractivity contribution < 1.29 is 19.8 Å². The van der Waals surface area contributed by atoms with Gasteiger partial charge in [0.2, 0.25) is 0 Å². The summed E-state index contributed by atoms with van der Waals surface area (Å²) in [6.07, 6.45) is 4.40. The van der Waals surface area contributed by atoms with Crippen molar-refractivity contribution >= 4 is 46.0 Å². The lowest BCUT2D eigenvalue weighted by Gasteiger charge is -2.15. The number of unbranched alkanes of at least 4 members (excludes halogenated alkanes) is 1. The van der Waals surface area contributed by atoms with E-state index in [-0.39, 0.29) is 11.1 Å². The standard InChI is InChI=1S/C23H23ClN2O4S/c1-3-4-7-20-25-12-18(14(2)21(23(29)30)19-6-5-10-31-19)26(20)13-16-9-8-15(22(27)28)11-17(16)24/h5-6,8-12H,3-4,7,13H2,1-2H3,(H,27,28)(H,29,30)/b21-14-. The minimum atomic E-state index is -1.04. The summed E-state index contributed by atoms with van der Waals surface area (Å²) in [5, 5.41) is 21.3. The third-order valence-electron chi connectivity index (χ3n) is 5.06. The number of aryl methyl sites for hydroxylation is 1. The van der Waals surface area contributed by atoms with E-state index in [1.54, 1.807) is 25.3 Å². The van der Waals surface area contributed by atoms with Crippen LogP contribution < -0.4 is 0 Å². The molecule has 3 aromatic rings. The summed E-state index contributed by atoms with van der Waals surface area (Å²) in [6.45, 7) is 4.25. The number of imidazole rings is 1. The molecule has 0 aliphatic rings. The number of hydrogen-bond donors (Lipinski definition) is 2. The fraction of sp³-hybridized carbons (Fsp3) is 0.261. The van der Waals surface area contributed by atoms with Crippen molar-refractivity contribution in [1.29, 1.82) is 0 Å². The molecule has 6 nitrogen and oxygen atoms in total. The van der Waals surface area contributed by atoms with E-state index in [0.29, 0.717) is 27.7 Å². The van der Waals surface area contributed by atoms with Gasteiger partial charge in [-0.05, 0) is 48.1 Å². The molecule has 0 aliphatic carbocycles. The molecule has 8 heteroatoms. The zero-order valence-corrected chi connectivity index (χ0v) is 18.8. The number of carboxylic acid groups (broad SMARTS) is 2. The molecule has 0 bridgehead atoms. The highest BCUT2D eigenvalue weighted by atomic mass is 35.5. The first-order chi connectivity index (χ1) is 14.8. The van der Waals surface area contributed by atoms with Crippen molar-refractivity contribution in [3.05, 3.63) is 74.5 Å². The van der Waals surface area contributed by atoms with Gasteiger partial charge in [0, 0.05) is 16.3 Å². The molecule has 0 unspecified atom stereocenters. The summed E-state index contributed by atoms with van der Waals surface area (Å²) >= 11 is 7.75. The molecule has 0 atom stereocenters. The molecule has 2 N–H and O–H groups in total. The van der Waals surface area contributed by atoms with Crippen LogP contribution in [0.15, 0.2) is 41.9 Å². The lowest BCUT2D eigenvalue weighted by Crippen LogP contribution is -2.11. The Balaban J connectivity index is 2.11. The summed E-state index contributed by atoms with van der Waals surface area (Å²) in [5.74, 6) is -1.20. The molecule has 0 saturated carbocycles. The highest BCUT2D eigenvalue weighted by Crippen LogP contribution is 2.31. The Kier molecular flexibility index (Phi) is 7.30. The van der Waals surface area contributed by atoms with Gasteiger partial charge < -0.3 is 14.8 Å². The topological polar surface area (TPSA) is 92.4 Å². The van der Waals surface area contributed by atoms with E-state index in [1.165, 1.54) is 23.5 Å². The van der Waals surface area contributed by atoms with Crippen molar-refractivity contribution in [3.8, 4) is 0 Å². The molecule has 162 valence electrons. The molecular formula is C23H23ClN2O4S. The van der Waals surface area contributed by atoms with Crippen molar-refractivity contribution in [2.75, 3.05) is 0 Å². The van der Waals surface area contributed by atoms with Crippen molar-refractivity contribution in [2.24, 2.45) is 0 Å². The summed E-state index contributed by atoms with van der Waals surface area (Å²) in [5.41, 5.74) is 2.42. The van der Waals surface area contributed by atoms with Gasteiger partial charge >= 0.3 is 11.9 Å². The predicted molar refractivity (Wildman–Crippen MR) is 123 cm³/mol. The van der Waals surface area contributed by atoms with Crippen LogP contribution in [0, 0.1) is 0 Å². The van der Waals surface area contributed by atoms with Crippen LogP contribution in [-0.4, -0.2) is 31.7 Å². The zero-order valence-electron chi connectivity index (χ0n) is 17.3. The number of aromatic carboxylic acids is 1. The summed E-state index contributed by atoms with van der Waals surface area (Å²) < 4.78 is 1.98. The SMILES string of the molecule is CCCCc1ncc(/C(C)=C(\C(=O)O)c2cccs2)n1Cc1ccc(C(=O)O)cc1Cl. The first kappa shape index (κ1) is 22.8. The van der Waals surface area contributed by atoms with E-state index >= 15 is 0 Å². The smallest absolute Gasteiger partial charge is 0.337 e. The van der Waals surface area contributed by atoms with Crippen molar-refractivity contribution in [2.45, 2.75) is 39.7 Å². The quantitative estimate of drug-likeness (QED) is 0.401. The Morgan fingerprint density at radius 3 is 2.58 bits per heavy atom. The molecular weight excluding hydrogens is 436 g/mol. The molecule has 0 amide bonds. The van der Waals surface area contributed by atoms with Gasteiger partial charge in [-0.15, -0.1) is 11.3 Å². The monoisotopic (exact) mass is 458 g/mol. The molecule has 31 heavy (non-hydrogen) atoms. The first-order valence-electron chi connectivity index (χ1n) is 9.88. The van der Waals surface area contributed by atoms with Crippen LogP contribution in [0.5, 0.6) is 0 Å². The normalized spacial score (nSPS) is 12.0. The Bertz CT molecular complexity index is 1130. The number of hydrogen-bond acceptors (Lipinski definition) is 4. The fourth-order valence-corrected chi connectivity index (χ4v) is 4.46. The minimum absolute atomic E-state index is 0.118. The molecule has 0 saturated heterocycles. The van der Waals surface area contributed by atoms with E-state index in [9.17, 15) is 19.8 Å². The van der Waals surface area contributed by atoms with Gasteiger partial charge in [-0.25, -0.2) is 14.6 Å². The summed E-state index contributed by atoms with van der Waals surface area (Å²) in [4.78, 5) is 28.5. The number of aliphatic carboxylic acids is 1. The number of carboxylic acids is 2. The molecule has 1 aromatic carbocycles. The fourth-order valence-electron chi connectivity index (χ4n) is 3.40. The van der Waals surface area contributed by atoms with Gasteiger partial charge in [-0.3, -0.25) is 0 Å². The maximum atomic E-state index is 12.1. The predicted octanol–water partition coefficient (Wildman–Crippen LogP) is 5.70. The molecule has 3 rings (SSSR count). The van der Waals surface area contributed by atoms with Gasteiger partial charge in [-0.1, -0.05) is 37.1 Å². The van der Waals surface area contributed by atoms with Gasteiger partial charge in [0.05, 0.1) is 29.6 Å². The number of nitrogens with zero attached hydrogens (tertiary/aromatic N) is 2. The van der Waals surface area contributed by atoms with E-state index < -0.39 is 11.9 Å². The number of halogens is 1. The van der Waals surface area contributed by atoms with Crippen molar-refractivity contribution in [3.63, 3.8) is 0 Å². The zero-order chi connectivity index (χ0) is 22.5. The largest absolute Gasteiger partial charge is 0.478 e. The van der Waals surface area contributed by atoms with Gasteiger partial charge in [0.1, 0.15) is 5.82 Å². The maximum Gasteiger partial charge on any atom is 0.337 e. The molecule has 0 fully saturated rings. The number of benzene rings is 1. The van der Waals surface area contributed by atoms with E-state index in [0.717, 1.165) is 30.7 Å². The van der Waals surface area contributed by atoms with Crippen LogP contribution in [-0.2, 0) is 17.8 Å². The maximum absolute atomic E-state index is 12.1. The minimum Gasteiger partial charge on any atom is -0.478 e. The van der Waals surface area contributed by atoms with E-state index in [2.05, 4.69) is 11.9 Å². The highest BCUT2D eigenvalue weighted by molar-refractivity contribution is 7.11. The van der Waals surface area contributed by atoms with Gasteiger partial charge in [0.15, 0.2) is 0 Å². The van der Waals surface area contributed by atoms with Crippen LogP contribution in [0.3, 0.4) is 0 Å². The lowest BCUT2D eigenvalue weighted by atomic mass is 10.0. The number of allylic oxidation sites excluding steroid dienone is 1. The molecule has 0 spiro atoms. The lowest BCUT2D eigenvalue weighted by molar-refractivity contribution is -0.130. The third kappa shape index (κ3) is 5.06. The average Bonchev–Trinajstić information content (AvgIpc) is 3.38. The number of aromatic nitrogens is 2. The summed E-state index contributed by atoms with van der Waals surface area (Å²) in [7, 11) is 0. The van der Waals surface area contributed by atoms with Crippen LogP contribution >= 0.6 is 22.9 Å². The number of carbonyl (C=O) groups is 2. The highest BCUT2D eigenvalue weighted by Gasteiger charge is 2.21. The second-order valence-electron chi connectivity index (χ2n) is 7.14. The van der Waals surface area contributed by atoms with Crippen molar-refractivity contribution in [1.82, 2.24) is 9.55 Å². The van der Waals surface area contributed by atoms with Crippen LogP contribution in [0.25, 0.3) is 11.1 Å². The van der Waals surface area contributed by atoms with Gasteiger partial charge in [-0.2, -0.15) is 0 Å². The van der Waals surface area contributed by atoms with Crippen LogP contribution in [0.4, 0.5) is 0 Å². The van der Waals surface area contributed by atoms with Gasteiger partial charge in [0.25, 0.3) is 0 Å². The Morgan fingerprint density at radius 1 is 1.23 bits per heavy atom. The Labute approximate surface area is 189 Å². The second-order valence-corrected chi connectivity index (χ2v) is 8.50. The molecule has 0 aliphatic heterocycles. The van der Waals surface area contributed by atoms with Crippen LogP contribution in [0.1, 0.15) is 59.0 Å². The van der Waals surface area contributed by atoms with E-state index in [4.69, 9.17) is 11.6 Å². The van der Waals surface area contributed by atoms with Crippen LogP contribution in [0.2, 0.25) is 5.02 Å². The molecule has 2 aromatic heterocycles. The molecule has 2 heterocycles. The average molecular weight is 459 g/mol. The Hall–Kier alpha value is -2.90. The van der Waals surface area contributed by atoms with E-state index in [1.807, 2.05) is 16.0 Å². The third-order valence-corrected chi connectivity index (χ3v) is 6.30. The molecule has 0 radical (unpaired) electrons. The second kappa shape index (κ2) is 9.94. The first-order valence-corrected chi connectivity index (χ1v) is 11.1. The Morgan fingerprint density at radius 2 is 2.00 bits per heavy atom. The number of thiophene rings is 1. The number of rotatable bonds is 9. The summed E-state index contributed by atoms with van der Waals surface area (Å²) in [6, 6.07) is 8.25.